The van der Waals surface area contributed by atoms with Gasteiger partial charge in [0.05, 0.1) is 0 Å². The van der Waals surface area contributed by atoms with Gasteiger partial charge in [0.1, 0.15) is 0 Å². The first kappa shape index (κ1) is 12.5. The molecule has 0 aliphatic heterocycles. The van der Waals surface area contributed by atoms with Crippen LogP contribution in [0.1, 0.15) is 42.0 Å². The quantitative estimate of drug-likeness (QED) is 0.859. The molecular weight excluding hydrogens is 242 g/mol. The van der Waals surface area contributed by atoms with E-state index in [1.807, 2.05) is 0 Å². The maximum Gasteiger partial charge on any atom is 0.0438 e. The zero-order valence-corrected chi connectivity index (χ0v) is 12.2. The molecule has 3 unspecified atom stereocenters. The minimum absolute atomic E-state index is 0.508. The van der Waals surface area contributed by atoms with Crippen LogP contribution >= 0.6 is 11.6 Å². The molecule has 1 aromatic rings. The molecule has 3 atom stereocenters. The van der Waals surface area contributed by atoms with E-state index in [2.05, 4.69) is 38.3 Å². The molecule has 1 aromatic carbocycles. The molecule has 0 saturated heterocycles. The summed E-state index contributed by atoms with van der Waals surface area (Å²) in [6, 6.07) is 4.91. The minimum Gasteiger partial charge on any atom is -0.313 e. The smallest absolute Gasteiger partial charge is 0.0438 e. The lowest BCUT2D eigenvalue weighted by atomic mass is 9.86. The summed E-state index contributed by atoms with van der Waals surface area (Å²) in [7, 11) is 2.10. The van der Waals surface area contributed by atoms with Crippen molar-refractivity contribution in [1.29, 1.82) is 0 Å². The largest absolute Gasteiger partial charge is 0.313 e. The first-order valence-electron chi connectivity index (χ1n) is 7.04. The van der Waals surface area contributed by atoms with Crippen molar-refractivity contribution < 1.29 is 0 Å². The molecule has 98 valence electrons. The number of nitrogens with one attached hydrogen (secondary N) is 1. The molecule has 1 N–H and O–H groups in total. The van der Waals surface area contributed by atoms with E-state index in [9.17, 15) is 0 Å². The van der Waals surface area contributed by atoms with Crippen molar-refractivity contribution in [3.8, 4) is 0 Å². The molecule has 2 aliphatic rings. The monoisotopic (exact) mass is 263 g/mol. The van der Waals surface area contributed by atoms with Crippen LogP contribution in [0.2, 0.25) is 5.02 Å². The van der Waals surface area contributed by atoms with Gasteiger partial charge in [0, 0.05) is 11.1 Å². The van der Waals surface area contributed by atoms with Crippen molar-refractivity contribution in [3.05, 3.63) is 33.8 Å². The van der Waals surface area contributed by atoms with Crippen LogP contribution in [0.15, 0.2) is 12.1 Å². The first-order chi connectivity index (χ1) is 8.60. The molecular formula is C16H22ClN. The summed E-state index contributed by atoms with van der Waals surface area (Å²) in [6.45, 7) is 4.28. The van der Waals surface area contributed by atoms with Crippen LogP contribution in [0.25, 0.3) is 0 Å². The van der Waals surface area contributed by atoms with E-state index in [1.54, 1.807) is 0 Å². The van der Waals surface area contributed by atoms with E-state index in [4.69, 9.17) is 11.6 Å². The Morgan fingerprint density at radius 2 is 1.78 bits per heavy atom. The lowest BCUT2D eigenvalue weighted by molar-refractivity contribution is 0.358. The lowest BCUT2D eigenvalue weighted by Gasteiger charge is -2.27. The standard InChI is InChI=1S/C16H22ClN/c1-9-5-15(17)10(2)4-14(9)16(18-3)13-7-11-6-12(11)8-13/h4-5,11-13,16,18H,6-8H2,1-3H3. The molecule has 2 aliphatic carbocycles. The highest BCUT2D eigenvalue weighted by molar-refractivity contribution is 6.31. The van der Waals surface area contributed by atoms with Crippen LogP contribution in [0.4, 0.5) is 0 Å². The molecule has 3 rings (SSSR count). The maximum absolute atomic E-state index is 6.20. The van der Waals surface area contributed by atoms with Gasteiger partial charge in [-0.3, -0.25) is 0 Å². The number of rotatable bonds is 3. The Hall–Kier alpha value is -0.530. The fourth-order valence-corrected chi connectivity index (χ4v) is 4.04. The minimum atomic E-state index is 0.508. The number of hydrogen-bond acceptors (Lipinski definition) is 1. The summed E-state index contributed by atoms with van der Waals surface area (Å²) in [5, 5.41) is 4.44. The van der Waals surface area contributed by atoms with Crippen molar-refractivity contribution >= 4 is 11.6 Å². The van der Waals surface area contributed by atoms with Crippen molar-refractivity contribution in [2.45, 2.75) is 39.2 Å². The molecule has 2 fully saturated rings. The van der Waals surface area contributed by atoms with E-state index >= 15 is 0 Å². The van der Waals surface area contributed by atoms with E-state index in [0.29, 0.717) is 6.04 Å². The van der Waals surface area contributed by atoms with E-state index in [-0.39, 0.29) is 0 Å². The van der Waals surface area contributed by atoms with Gasteiger partial charge in [-0.2, -0.15) is 0 Å². The highest BCUT2D eigenvalue weighted by Crippen LogP contribution is 2.57. The number of benzene rings is 1. The SMILES string of the molecule is CNC(c1cc(C)c(Cl)cc1C)C1CC2CC2C1. The average molecular weight is 264 g/mol. The summed E-state index contributed by atoms with van der Waals surface area (Å²) in [6.07, 6.45) is 4.32. The molecule has 1 nitrogen and oxygen atoms in total. The lowest BCUT2D eigenvalue weighted by Crippen LogP contribution is -2.25. The van der Waals surface area contributed by atoms with Crippen molar-refractivity contribution in [1.82, 2.24) is 5.32 Å². The third-order valence-electron chi connectivity index (χ3n) is 4.94. The summed E-state index contributed by atoms with van der Waals surface area (Å²) in [4.78, 5) is 0. The summed E-state index contributed by atoms with van der Waals surface area (Å²) < 4.78 is 0. The van der Waals surface area contributed by atoms with Gasteiger partial charge in [-0.05, 0) is 80.7 Å². The number of hydrogen-bond donors (Lipinski definition) is 1. The van der Waals surface area contributed by atoms with Crippen molar-refractivity contribution in [3.63, 3.8) is 0 Å². The number of halogens is 1. The summed E-state index contributed by atoms with van der Waals surface area (Å²) in [5.41, 5.74) is 3.97. The average Bonchev–Trinajstić information content (AvgIpc) is 2.94. The van der Waals surface area contributed by atoms with Crippen LogP contribution in [0, 0.1) is 31.6 Å². The zero-order valence-electron chi connectivity index (χ0n) is 11.5. The molecule has 2 saturated carbocycles. The van der Waals surface area contributed by atoms with Gasteiger partial charge in [-0.25, -0.2) is 0 Å². The third kappa shape index (κ3) is 2.08. The molecule has 0 heterocycles. The fraction of sp³-hybridized carbons (Fsp3) is 0.625. The molecule has 18 heavy (non-hydrogen) atoms. The molecule has 0 radical (unpaired) electrons. The second kappa shape index (κ2) is 4.54. The fourth-order valence-electron chi connectivity index (χ4n) is 3.82. The number of aryl methyl sites for hydroxylation is 2. The Kier molecular flexibility index (Phi) is 3.15. The maximum atomic E-state index is 6.20. The van der Waals surface area contributed by atoms with Crippen molar-refractivity contribution in [2.75, 3.05) is 7.05 Å². The van der Waals surface area contributed by atoms with Crippen LogP contribution in [0.3, 0.4) is 0 Å². The molecule has 0 bridgehead atoms. The predicted molar refractivity (Wildman–Crippen MR) is 77.0 cm³/mol. The van der Waals surface area contributed by atoms with E-state index in [0.717, 1.165) is 22.8 Å². The Balaban J connectivity index is 1.88. The van der Waals surface area contributed by atoms with Crippen LogP contribution in [-0.2, 0) is 0 Å². The van der Waals surface area contributed by atoms with Crippen LogP contribution in [-0.4, -0.2) is 7.05 Å². The van der Waals surface area contributed by atoms with Gasteiger partial charge in [-0.1, -0.05) is 17.7 Å². The molecule has 2 heteroatoms. The topological polar surface area (TPSA) is 12.0 Å². The summed E-state index contributed by atoms with van der Waals surface area (Å²) >= 11 is 6.20. The molecule has 0 spiro atoms. The van der Waals surface area contributed by atoms with Crippen LogP contribution < -0.4 is 5.32 Å². The van der Waals surface area contributed by atoms with Gasteiger partial charge in [0.2, 0.25) is 0 Å². The second-order valence-electron chi connectivity index (χ2n) is 6.21. The predicted octanol–water partition coefficient (Wildman–Crippen LogP) is 4.26. The van der Waals surface area contributed by atoms with E-state index < -0.39 is 0 Å². The molecule has 0 aromatic heterocycles. The van der Waals surface area contributed by atoms with E-state index in [1.165, 1.54) is 36.0 Å². The van der Waals surface area contributed by atoms with Gasteiger partial charge in [0.25, 0.3) is 0 Å². The van der Waals surface area contributed by atoms with Gasteiger partial charge in [-0.15, -0.1) is 0 Å². The highest BCUT2D eigenvalue weighted by Gasteiger charge is 2.47. The Morgan fingerprint density at radius 1 is 1.11 bits per heavy atom. The first-order valence-corrected chi connectivity index (χ1v) is 7.42. The summed E-state index contributed by atoms with van der Waals surface area (Å²) in [5.74, 6) is 2.90. The normalized spacial score (nSPS) is 31.2. The Labute approximate surface area is 115 Å². The van der Waals surface area contributed by atoms with Crippen molar-refractivity contribution in [2.24, 2.45) is 17.8 Å². The van der Waals surface area contributed by atoms with Gasteiger partial charge in [0.15, 0.2) is 0 Å². The van der Waals surface area contributed by atoms with Gasteiger partial charge >= 0.3 is 0 Å². The second-order valence-corrected chi connectivity index (χ2v) is 6.62. The number of fused-ring (bicyclic) bond motifs is 1. The van der Waals surface area contributed by atoms with Crippen LogP contribution in [0.5, 0.6) is 0 Å². The zero-order chi connectivity index (χ0) is 12.9. The highest BCUT2D eigenvalue weighted by atomic mass is 35.5. The Morgan fingerprint density at radius 3 is 2.39 bits per heavy atom. The third-order valence-corrected chi connectivity index (χ3v) is 5.35. The van der Waals surface area contributed by atoms with Gasteiger partial charge < -0.3 is 5.32 Å². The Bertz CT molecular complexity index is 458. The molecule has 0 amide bonds.